The summed E-state index contributed by atoms with van der Waals surface area (Å²) in [5.74, 6) is 0. The van der Waals surface area contributed by atoms with E-state index >= 15 is 0 Å². The lowest BCUT2D eigenvalue weighted by Gasteiger charge is -2.04. The SMILES string of the molecule is C/C(=C\C(F)(F)F)c1ccc(C)cc1. The summed E-state index contributed by atoms with van der Waals surface area (Å²) in [5.41, 5.74) is 1.87. The van der Waals surface area contributed by atoms with Gasteiger partial charge in [-0.2, -0.15) is 13.2 Å². The summed E-state index contributed by atoms with van der Waals surface area (Å²) >= 11 is 0. The molecule has 0 aliphatic carbocycles. The smallest absolute Gasteiger partial charge is 0.167 e. The first-order valence-corrected chi connectivity index (χ1v) is 4.22. The summed E-state index contributed by atoms with van der Waals surface area (Å²) in [4.78, 5) is 0. The van der Waals surface area contributed by atoms with E-state index in [4.69, 9.17) is 0 Å². The van der Waals surface area contributed by atoms with Crippen molar-refractivity contribution < 1.29 is 13.2 Å². The monoisotopic (exact) mass is 200 g/mol. The average molecular weight is 200 g/mol. The van der Waals surface area contributed by atoms with Crippen molar-refractivity contribution in [3.05, 3.63) is 41.5 Å². The van der Waals surface area contributed by atoms with Crippen LogP contribution < -0.4 is 0 Å². The van der Waals surface area contributed by atoms with Crippen LogP contribution in [0.3, 0.4) is 0 Å². The van der Waals surface area contributed by atoms with Crippen molar-refractivity contribution in [2.75, 3.05) is 0 Å². The van der Waals surface area contributed by atoms with Crippen molar-refractivity contribution >= 4 is 5.57 Å². The molecule has 0 saturated carbocycles. The van der Waals surface area contributed by atoms with Crippen molar-refractivity contribution in [2.24, 2.45) is 0 Å². The summed E-state index contributed by atoms with van der Waals surface area (Å²) in [7, 11) is 0. The molecule has 0 aromatic heterocycles. The molecule has 0 bridgehead atoms. The van der Waals surface area contributed by atoms with Crippen molar-refractivity contribution in [1.82, 2.24) is 0 Å². The second-order valence-electron chi connectivity index (χ2n) is 3.23. The summed E-state index contributed by atoms with van der Waals surface area (Å²) in [6.45, 7) is 3.35. The minimum absolute atomic E-state index is 0.234. The van der Waals surface area contributed by atoms with E-state index in [1.807, 2.05) is 6.92 Å². The highest BCUT2D eigenvalue weighted by Gasteiger charge is 2.23. The van der Waals surface area contributed by atoms with Crippen molar-refractivity contribution in [3.63, 3.8) is 0 Å². The van der Waals surface area contributed by atoms with Gasteiger partial charge in [-0.25, -0.2) is 0 Å². The number of alkyl halides is 3. The predicted molar refractivity (Wildman–Crippen MR) is 50.9 cm³/mol. The van der Waals surface area contributed by atoms with E-state index in [0.717, 1.165) is 5.56 Å². The van der Waals surface area contributed by atoms with Gasteiger partial charge in [-0.3, -0.25) is 0 Å². The van der Waals surface area contributed by atoms with Crippen LogP contribution in [0.1, 0.15) is 18.1 Å². The van der Waals surface area contributed by atoms with E-state index in [1.54, 1.807) is 24.3 Å². The van der Waals surface area contributed by atoms with E-state index in [9.17, 15) is 13.2 Å². The van der Waals surface area contributed by atoms with Gasteiger partial charge in [0.1, 0.15) is 0 Å². The van der Waals surface area contributed by atoms with Crippen LogP contribution in [0.2, 0.25) is 0 Å². The fourth-order valence-corrected chi connectivity index (χ4v) is 1.15. The highest BCUT2D eigenvalue weighted by atomic mass is 19.4. The summed E-state index contributed by atoms with van der Waals surface area (Å²) in [6.07, 6.45) is -3.92. The van der Waals surface area contributed by atoms with Crippen LogP contribution in [0.4, 0.5) is 13.2 Å². The second kappa shape index (κ2) is 3.86. The number of halogens is 3. The molecular weight excluding hydrogens is 189 g/mol. The number of allylic oxidation sites excluding steroid dienone is 2. The molecule has 0 amide bonds. The first-order chi connectivity index (χ1) is 6.38. The second-order valence-corrected chi connectivity index (χ2v) is 3.23. The molecule has 0 aliphatic rings. The molecule has 3 heteroatoms. The Morgan fingerprint density at radius 2 is 1.64 bits per heavy atom. The van der Waals surface area contributed by atoms with Crippen molar-refractivity contribution in [2.45, 2.75) is 20.0 Å². The van der Waals surface area contributed by atoms with Gasteiger partial charge in [-0.1, -0.05) is 29.8 Å². The van der Waals surface area contributed by atoms with Gasteiger partial charge in [0.2, 0.25) is 0 Å². The van der Waals surface area contributed by atoms with E-state index < -0.39 is 6.18 Å². The van der Waals surface area contributed by atoms with Crippen molar-refractivity contribution in [1.29, 1.82) is 0 Å². The standard InChI is InChI=1S/C11H11F3/c1-8-3-5-10(6-4-8)9(2)7-11(12,13)14/h3-7H,1-2H3/b9-7+. The molecule has 0 unspecified atom stereocenters. The summed E-state index contributed by atoms with van der Waals surface area (Å²) in [6, 6.07) is 6.96. The Hall–Kier alpha value is -1.25. The van der Waals surface area contributed by atoms with Gasteiger partial charge in [-0.15, -0.1) is 0 Å². The van der Waals surface area contributed by atoms with Crippen LogP contribution in [0.15, 0.2) is 30.3 Å². The largest absolute Gasteiger partial charge is 0.410 e. The lowest BCUT2D eigenvalue weighted by atomic mass is 10.1. The topological polar surface area (TPSA) is 0 Å². The number of benzene rings is 1. The maximum absolute atomic E-state index is 12.0. The maximum Gasteiger partial charge on any atom is 0.410 e. The van der Waals surface area contributed by atoms with Gasteiger partial charge in [-0.05, 0) is 25.0 Å². The van der Waals surface area contributed by atoms with Gasteiger partial charge in [0, 0.05) is 6.08 Å². The third-order valence-corrected chi connectivity index (χ3v) is 1.89. The Labute approximate surface area is 81.1 Å². The van der Waals surface area contributed by atoms with Gasteiger partial charge in [0.15, 0.2) is 0 Å². The van der Waals surface area contributed by atoms with E-state index in [2.05, 4.69) is 0 Å². The number of aryl methyl sites for hydroxylation is 1. The highest BCUT2D eigenvalue weighted by molar-refractivity contribution is 5.64. The molecule has 0 radical (unpaired) electrons. The molecule has 14 heavy (non-hydrogen) atoms. The van der Waals surface area contributed by atoms with E-state index in [-0.39, 0.29) is 5.57 Å². The Kier molecular flexibility index (Phi) is 2.99. The normalized spacial score (nSPS) is 13.1. The van der Waals surface area contributed by atoms with Gasteiger partial charge >= 0.3 is 6.18 Å². The molecule has 0 spiro atoms. The maximum atomic E-state index is 12.0. The molecule has 0 atom stereocenters. The van der Waals surface area contributed by atoms with Gasteiger partial charge in [0.05, 0.1) is 0 Å². The Bertz CT molecular complexity index is 331. The van der Waals surface area contributed by atoms with Crippen LogP contribution in [0.5, 0.6) is 0 Å². The first-order valence-electron chi connectivity index (χ1n) is 4.22. The predicted octanol–water partition coefficient (Wildman–Crippen LogP) is 3.96. The van der Waals surface area contributed by atoms with Gasteiger partial charge < -0.3 is 0 Å². The van der Waals surface area contributed by atoms with Crippen LogP contribution in [0.25, 0.3) is 5.57 Å². The van der Waals surface area contributed by atoms with Crippen LogP contribution in [-0.4, -0.2) is 6.18 Å². The molecule has 0 N–H and O–H groups in total. The molecule has 1 aromatic carbocycles. The van der Waals surface area contributed by atoms with Crippen molar-refractivity contribution in [3.8, 4) is 0 Å². The Balaban J connectivity index is 2.95. The number of hydrogen-bond donors (Lipinski definition) is 0. The average Bonchev–Trinajstić information content (AvgIpc) is 2.02. The molecule has 0 heterocycles. The first kappa shape index (κ1) is 10.8. The lowest BCUT2D eigenvalue weighted by molar-refractivity contribution is -0.0793. The minimum atomic E-state index is -4.24. The molecule has 0 aliphatic heterocycles. The molecule has 0 fully saturated rings. The number of rotatable bonds is 1. The Morgan fingerprint density at radius 3 is 2.07 bits per heavy atom. The molecule has 1 aromatic rings. The zero-order valence-corrected chi connectivity index (χ0v) is 8.02. The van der Waals surface area contributed by atoms with Crippen LogP contribution >= 0.6 is 0 Å². The minimum Gasteiger partial charge on any atom is -0.167 e. The van der Waals surface area contributed by atoms with Gasteiger partial charge in [0.25, 0.3) is 0 Å². The molecule has 0 nitrogen and oxygen atoms in total. The zero-order chi connectivity index (χ0) is 10.8. The number of hydrogen-bond acceptors (Lipinski definition) is 0. The van der Waals surface area contributed by atoms with Crippen LogP contribution in [-0.2, 0) is 0 Å². The third-order valence-electron chi connectivity index (χ3n) is 1.89. The molecule has 1 rings (SSSR count). The Morgan fingerprint density at radius 1 is 1.14 bits per heavy atom. The molecule has 0 saturated heterocycles. The quantitative estimate of drug-likeness (QED) is 0.643. The molecule has 76 valence electrons. The van der Waals surface area contributed by atoms with E-state index in [1.165, 1.54) is 6.92 Å². The summed E-state index contributed by atoms with van der Waals surface area (Å²) < 4.78 is 36.0. The zero-order valence-electron chi connectivity index (χ0n) is 8.02. The summed E-state index contributed by atoms with van der Waals surface area (Å²) in [5, 5.41) is 0. The third kappa shape index (κ3) is 3.24. The lowest BCUT2D eigenvalue weighted by Crippen LogP contribution is -2.02. The fourth-order valence-electron chi connectivity index (χ4n) is 1.15. The molecular formula is C11H11F3. The fraction of sp³-hybridized carbons (Fsp3) is 0.273. The highest BCUT2D eigenvalue weighted by Crippen LogP contribution is 2.23. The van der Waals surface area contributed by atoms with Crippen LogP contribution in [0, 0.1) is 6.92 Å². The van der Waals surface area contributed by atoms with E-state index in [0.29, 0.717) is 11.6 Å².